The highest BCUT2D eigenvalue weighted by molar-refractivity contribution is 7.99. The van der Waals surface area contributed by atoms with Crippen LogP contribution in [-0.4, -0.2) is 51.3 Å². The number of carboxylic acids is 1. The first-order chi connectivity index (χ1) is 8.15. The van der Waals surface area contributed by atoms with E-state index in [2.05, 4.69) is 4.99 Å². The Hall–Kier alpha value is -1.01. The monoisotopic (exact) mass is 258 g/mol. The first-order valence-corrected chi connectivity index (χ1v) is 6.82. The van der Waals surface area contributed by atoms with E-state index in [0.29, 0.717) is 18.8 Å². The summed E-state index contributed by atoms with van der Waals surface area (Å²) in [6, 6.07) is -0.776. The highest BCUT2D eigenvalue weighted by Crippen LogP contribution is 2.10. The molecule has 0 aliphatic carbocycles. The fraction of sp³-hybridized carbons (Fsp3) is 0.636. The fourth-order valence-corrected chi connectivity index (χ4v) is 2.12. The summed E-state index contributed by atoms with van der Waals surface area (Å²) in [6.07, 6.45) is 4.77. The maximum Gasteiger partial charge on any atom is 0.328 e. The molecule has 0 unspecified atom stereocenters. The van der Waals surface area contributed by atoms with Crippen molar-refractivity contribution in [1.29, 1.82) is 0 Å². The Labute approximate surface area is 105 Å². The molecular formula is C11H18N2O3S. The number of hydrogen-bond acceptors (Lipinski definition) is 4. The summed E-state index contributed by atoms with van der Waals surface area (Å²) < 4.78 is 0. The van der Waals surface area contributed by atoms with Crippen LogP contribution in [0.25, 0.3) is 0 Å². The van der Waals surface area contributed by atoms with Gasteiger partial charge in [0.25, 0.3) is 0 Å². The molecule has 0 amide bonds. The van der Waals surface area contributed by atoms with E-state index >= 15 is 0 Å². The van der Waals surface area contributed by atoms with Crippen LogP contribution < -0.4 is 0 Å². The molecule has 0 aromatic carbocycles. The molecule has 5 nitrogen and oxygen atoms in total. The molecule has 0 aromatic heterocycles. The summed E-state index contributed by atoms with van der Waals surface area (Å²) in [7, 11) is 0. The first kappa shape index (κ1) is 14.1. The zero-order valence-corrected chi connectivity index (χ0v) is 10.7. The van der Waals surface area contributed by atoms with E-state index in [1.165, 1.54) is 0 Å². The number of rotatable bonds is 6. The van der Waals surface area contributed by atoms with Crippen molar-refractivity contribution in [3.8, 4) is 0 Å². The predicted octanol–water partition coefficient (Wildman–Crippen LogP) is 1.63. The van der Waals surface area contributed by atoms with Gasteiger partial charge in [0.15, 0.2) is 6.04 Å². The lowest BCUT2D eigenvalue weighted by Gasteiger charge is -2.20. The molecule has 0 radical (unpaired) electrons. The fourth-order valence-electron chi connectivity index (χ4n) is 1.44. The highest BCUT2D eigenvalue weighted by Gasteiger charge is 2.18. The van der Waals surface area contributed by atoms with Crippen molar-refractivity contribution in [3.63, 3.8) is 0 Å². The Morgan fingerprint density at radius 1 is 1.71 bits per heavy atom. The maximum atomic E-state index is 11.0. The van der Waals surface area contributed by atoms with Gasteiger partial charge in [-0.25, -0.2) is 9.86 Å². The SMILES string of the molecule is CCSCC[C@H](N=C1C=CCCN1O)C(=O)O. The van der Waals surface area contributed by atoms with E-state index in [1.807, 2.05) is 13.0 Å². The quantitative estimate of drug-likeness (QED) is 0.708. The van der Waals surface area contributed by atoms with Crippen LogP contribution in [-0.2, 0) is 4.79 Å². The average Bonchev–Trinajstić information content (AvgIpc) is 2.30. The van der Waals surface area contributed by atoms with Crippen molar-refractivity contribution in [3.05, 3.63) is 12.2 Å². The molecule has 1 heterocycles. The normalized spacial score (nSPS) is 19.6. The van der Waals surface area contributed by atoms with Gasteiger partial charge >= 0.3 is 5.97 Å². The van der Waals surface area contributed by atoms with Crippen LogP contribution in [0, 0.1) is 0 Å². The van der Waals surface area contributed by atoms with Gasteiger partial charge in [-0.1, -0.05) is 13.0 Å². The first-order valence-electron chi connectivity index (χ1n) is 5.66. The lowest BCUT2D eigenvalue weighted by Crippen LogP contribution is -2.32. The van der Waals surface area contributed by atoms with Gasteiger partial charge in [0, 0.05) is 0 Å². The van der Waals surface area contributed by atoms with Crippen molar-refractivity contribution in [1.82, 2.24) is 5.06 Å². The van der Waals surface area contributed by atoms with Gasteiger partial charge < -0.3 is 5.11 Å². The molecule has 96 valence electrons. The third kappa shape index (κ3) is 4.79. The van der Waals surface area contributed by atoms with Gasteiger partial charge in [-0.15, -0.1) is 0 Å². The molecular weight excluding hydrogens is 240 g/mol. The van der Waals surface area contributed by atoms with Crippen LogP contribution in [0.3, 0.4) is 0 Å². The standard InChI is InChI=1S/C11H18N2O3S/c1-2-17-8-6-9(11(14)15)12-10-5-3-4-7-13(10)16/h3,5,9,16H,2,4,6-8H2,1H3,(H,14,15)/t9-/m0/s1. The molecule has 1 atom stereocenters. The van der Waals surface area contributed by atoms with Crippen LogP contribution in [0.2, 0.25) is 0 Å². The van der Waals surface area contributed by atoms with Crippen molar-refractivity contribution in [2.24, 2.45) is 4.99 Å². The number of carboxylic acid groups (broad SMARTS) is 1. The smallest absolute Gasteiger partial charge is 0.328 e. The Bertz CT molecular complexity index is 318. The summed E-state index contributed by atoms with van der Waals surface area (Å²) in [5.74, 6) is 1.13. The van der Waals surface area contributed by atoms with Gasteiger partial charge in [0.1, 0.15) is 5.84 Å². The highest BCUT2D eigenvalue weighted by atomic mass is 32.2. The molecule has 0 saturated heterocycles. The molecule has 1 rings (SSSR count). The molecule has 6 heteroatoms. The number of aliphatic carboxylic acids is 1. The molecule has 0 fully saturated rings. The number of aliphatic imine (C=N–C) groups is 1. The number of carbonyl (C=O) groups is 1. The van der Waals surface area contributed by atoms with Crippen LogP contribution in [0.4, 0.5) is 0 Å². The summed E-state index contributed by atoms with van der Waals surface area (Å²) in [5.41, 5.74) is 0. The van der Waals surface area contributed by atoms with Crippen LogP contribution in [0.15, 0.2) is 17.1 Å². The number of amidine groups is 1. The molecule has 0 spiro atoms. The summed E-state index contributed by atoms with van der Waals surface area (Å²) in [5, 5.41) is 19.6. The van der Waals surface area contributed by atoms with E-state index in [1.54, 1.807) is 17.8 Å². The van der Waals surface area contributed by atoms with E-state index in [4.69, 9.17) is 5.11 Å². The second-order valence-electron chi connectivity index (χ2n) is 3.64. The van der Waals surface area contributed by atoms with Gasteiger partial charge in [-0.3, -0.25) is 10.2 Å². The molecule has 17 heavy (non-hydrogen) atoms. The summed E-state index contributed by atoms with van der Waals surface area (Å²) in [4.78, 5) is 15.1. The molecule has 0 bridgehead atoms. The minimum Gasteiger partial charge on any atom is -0.480 e. The van der Waals surface area contributed by atoms with Crippen molar-refractivity contribution in [2.45, 2.75) is 25.8 Å². The molecule has 0 aromatic rings. The Kier molecular flexibility index (Phi) is 6.07. The Balaban J connectivity index is 2.64. The largest absolute Gasteiger partial charge is 0.480 e. The predicted molar refractivity (Wildman–Crippen MR) is 68.7 cm³/mol. The lowest BCUT2D eigenvalue weighted by atomic mass is 10.2. The van der Waals surface area contributed by atoms with Crippen molar-refractivity contribution >= 4 is 23.6 Å². The third-order valence-corrected chi connectivity index (χ3v) is 3.28. The molecule has 1 aliphatic rings. The maximum absolute atomic E-state index is 11.0. The van der Waals surface area contributed by atoms with Crippen molar-refractivity contribution in [2.75, 3.05) is 18.1 Å². The average molecular weight is 258 g/mol. The Morgan fingerprint density at radius 3 is 3.06 bits per heavy atom. The van der Waals surface area contributed by atoms with Gasteiger partial charge in [0.2, 0.25) is 0 Å². The van der Waals surface area contributed by atoms with Gasteiger partial charge in [0.05, 0.1) is 6.54 Å². The van der Waals surface area contributed by atoms with E-state index in [9.17, 15) is 10.0 Å². The van der Waals surface area contributed by atoms with Crippen LogP contribution in [0.5, 0.6) is 0 Å². The van der Waals surface area contributed by atoms with Gasteiger partial charge in [-0.05, 0) is 30.4 Å². The number of nitrogens with zero attached hydrogens (tertiary/aromatic N) is 2. The molecule has 1 aliphatic heterocycles. The molecule has 0 saturated carbocycles. The van der Waals surface area contributed by atoms with E-state index in [-0.39, 0.29) is 0 Å². The second-order valence-corrected chi connectivity index (χ2v) is 5.03. The van der Waals surface area contributed by atoms with Gasteiger partial charge in [-0.2, -0.15) is 11.8 Å². The topological polar surface area (TPSA) is 73.1 Å². The minimum atomic E-state index is -0.943. The number of thioether (sulfide) groups is 1. The van der Waals surface area contributed by atoms with Crippen LogP contribution in [0.1, 0.15) is 19.8 Å². The number of hydrogen-bond donors (Lipinski definition) is 2. The Morgan fingerprint density at radius 2 is 2.47 bits per heavy atom. The second kappa shape index (κ2) is 7.34. The van der Waals surface area contributed by atoms with E-state index < -0.39 is 12.0 Å². The zero-order chi connectivity index (χ0) is 12.7. The third-order valence-electron chi connectivity index (χ3n) is 2.35. The molecule has 2 N–H and O–H groups in total. The summed E-state index contributed by atoms with van der Waals surface area (Å²) >= 11 is 1.69. The zero-order valence-electron chi connectivity index (χ0n) is 9.87. The van der Waals surface area contributed by atoms with E-state index in [0.717, 1.165) is 23.0 Å². The van der Waals surface area contributed by atoms with Crippen molar-refractivity contribution < 1.29 is 15.1 Å². The minimum absolute atomic E-state index is 0.338. The van der Waals surface area contributed by atoms with Crippen LogP contribution >= 0.6 is 11.8 Å². The lowest BCUT2D eigenvalue weighted by molar-refractivity contribution is -0.138. The summed E-state index contributed by atoms with van der Waals surface area (Å²) in [6.45, 7) is 2.50. The number of hydroxylamine groups is 2.